The zero-order chi connectivity index (χ0) is 16.3. The number of hydrogen-bond donors (Lipinski definition) is 1. The van der Waals surface area contributed by atoms with Gasteiger partial charge >= 0.3 is 5.63 Å². The van der Waals surface area contributed by atoms with E-state index in [2.05, 4.69) is 0 Å². The van der Waals surface area contributed by atoms with Gasteiger partial charge in [0, 0.05) is 30.5 Å². The predicted octanol–water partition coefficient (Wildman–Crippen LogP) is 2.52. The number of ether oxygens (including phenoxy) is 2. The molecule has 2 aromatic rings. The van der Waals surface area contributed by atoms with Gasteiger partial charge in [0.25, 0.3) is 0 Å². The summed E-state index contributed by atoms with van der Waals surface area (Å²) in [6, 6.07) is 6.61. The fraction of sp³-hybridized carbons (Fsp3) is 0.471. The van der Waals surface area contributed by atoms with Crippen molar-refractivity contribution in [3.63, 3.8) is 0 Å². The van der Waals surface area contributed by atoms with E-state index in [-0.39, 0.29) is 0 Å². The highest BCUT2D eigenvalue weighted by Crippen LogP contribution is 2.28. The molecule has 0 fully saturated rings. The Hall–Kier alpha value is -1.85. The Bertz CT molecular complexity index is 702. The second kappa shape index (κ2) is 6.50. The van der Waals surface area contributed by atoms with Gasteiger partial charge in [0.15, 0.2) is 0 Å². The van der Waals surface area contributed by atoms with Crippen molar-refractivity contribution in [1.29, 1.82) is 0 Å². The maximum absolute atomic E-state index is 11.3. The van der Waals surface area contributed by atoms with Crippen molar-refractivity contribution in [3.8, 4) is 5.75 Å². The first kappa shape index (κ1) is 16.5. The third-order valence-electron chi connectivity index (χ3n) is 3.75. The third kappa shape index (κ3) is 3.48. The van der Waals surface area contributed by atoms with Crippen LogP contribution in [0.15, 0.2) is 33.5 Å². The highest BCUT2D eigenvalue weighted by atomic mass is 16.5. The van der Waals surface area contributed by atoms with E-state index in [1.165, 1.54) is 6.07 Å². The summed E-state index contributed by atoms with van der Waals surface area (Å²) in [5.74, 6) is 0.577. The summed E-state index contributed by atoms with van der Waals surface area (Å²) in [7, 11) is 1.55. The molecule has 0 saturated heterocycles. The lowest BCUT2D eigenvalue weighted by atomic mass is 9.94. The molecule has 1 N–H and O–H groups in total. The lowest BCUT2D eigenvalue weighted by Gasteiger charge is -2.30. The Morgan fingerprint density at radius 1 is 1.32 bits per heavy atom. The molecule has 0 bridgehead atoms. The number of hydrogen-bond acceptors (Lipinski definition) is 5. The Morgan fingerprint density at radius 3 is 2.68 bits per heavy atom. The zero-order valence-electron chi connectivity index (χ0n) is 13.4. The van der Waals surface area contributed by atoms with Gasteiger partial charge in [-0.15, -0.1) is 0 Å². The molecular formula is C17H22O5. The van der Waals surface area contributed by atoms with E-state index < -0.39 is 17.3 Å². The number of methoxy groups -OCH3 is 1. The van der Waals surface area contributed by atoms with Crippen LogP contribution in [0, 0.1) is 0 Å². The van der Waals surface area contributed by atoms with Gasteiger partial charge in [-0.1, -0.05) is 0 Å². The smallest absolute Gasteiger partial charge is 0.336 e. The summed E-state index contributed by atoms with van der Waals surface area (Å²) in [6.07, 6.45) is -0.305. The molecule has 1 aromatic carbocycles. The van der Waals surface area contributed by atoms with Crippen LogP contribution in [0.2, 0.25) is 0 Å². The maximum Gasteiger partial charge on any atom is 0.336 e. The summed E-state index contributed by atoms with van der Waals surface area (Å²) in [6.45, 7) is 6.14. The highest BCUT2D eigenvalue weighted by molar-refractivity contribution is 5.79. The van der Waals surface area contributed by atoms with E-state index in [0.29, 0.717) is 24.4 Å². The van der Waals surface area contributed by atoms with Crippen molar-refractivity contribution in [2.45, 2.75) is 38.9 Å². The van der Waals surface area contributed by atoms with Crippen molar-refractivity contribution in [3.05, 3.63) is 40.2 Å². The van der Waals surface area contributed by atoms with Gasteiger partial charge in [-0.2, -0.15) is 0 Å². The van der Waals surface area contributed by atoms with Crippen LogP contribution in [0.3, 0.4) is 0 Å². The van der Waals surface area contributed by atoms with Gasteiger partial charge in [-0.25, -0.2) is 4.79 Å². The Balaban J connectivity index is 2.38. The standard InChI is InChI=1S/C17H22O5/c1-5-21-17(2,3)15(18)9-12-8-11-6-7-16(19)22-14(11)10-13(12)20-4/h6-8,10,15,18H,5,9H2,1-4H3. The van der Waals surface area contributed by atoms with E-state index >= 15 is 0 Å². The van der Waals surface area contributed by atoms with Crippen LogP contribution in [0.5, 0.6) is 5.75 Å². The van der Waals surface area contributed by atoms with Crippen LogP contribution in [0.1, 0.15) is 26.3 Å². The van der Waals surface area contributed by atoms with Crippen molar-refractivity contribution in [2.75, 3.05) is 13.7 Å². The molecule has 5 nitrogen and oxygen atoms in total. The van der Waals surface area contributed by atoms with E-state index in [9.17, 15) is 9.90 Å². The van der Waals surface area contributed by atoms with Crippen molar-refractivity contribution < 1.29 is 19.0 Å². The molecule has 0 aliphatic heterocycles. The van der Waals surface area contributed by atoms with Gasteiger partial charge in [0.2, 0.25) is 0 Å². The van der Waals surface area contributed by atoms with Crippen molar-refractivity contribution in [1.82, 2.24) is 0 Å². The average Bonchev–Trinajstić information content (AvgIpc) is 2.46. The topological polar surface area (TPSA) is 68.9 Å². The van der Waals surface area contributed by atoms with Gasteiger partial charge in [-0.3, -0.25) is 0 Å². The van der Waals surface area contributed by atoms with E-state index in [1.807, 2.05) is 26.8 Å². The van der Waals surface area contributed by atoms with Crippen LogP contribution in [0.25, 0.3) is 11.0 Å². The van der Waals surface area contributed by atoms with E-state index in [1.54, 1.807) is 19.2 Å². The van der Waals surface area contributed by atoms with Crippen LogP contribution < -0.4 is 10.4 Å². The molecule has 1 atom stereocenters. The number of aliphatic hydroxyl groups is 1. The number of rotatable bonds is 6. The van der Waals surface area contributed by atoms with Crippen LogP contribution >= 0.6 is 0 Å². The summed E-state index contributed by atoms with van der Waals surface area (Å²) < 4.78 is 16.1. The maximum atomic E-state index is 11.3. The van der Waals surface area contributed by atoms with Crippen LogP contribution in [-0.4, -0.2) is 30.5 Å². The largest absolute Gasteiger partial charge is 0.496 e. The molecule has 5 heteroatoms. The molecule has 0 aliphatic rings. The van der Waals surface area contributed by atoms with Gasteiger partial charge < -0.3 is 19.0 Å². The molecule has 0 saturated carbocycles. The molecule has 1 unspecified atom stereocenters. The summed E-state index contributed by atoms with van der Waals surface area (Å²) in [5.41, 5.74) is 0.244. The van der Waals surface area contributed by atoms with Gasteiger partial charge in [0.1, 0.15) is 11.3 Å². The minimum Gasteiger partial charge on any atom is -0.496 e. The lowest BCUT2D eigenvalue weighted by Crippen LogP contribution is -2.40. The first-order valence-corrected chi connectivity index (χ1v) is 7.30. The number of aliphatic hydroxyl groups excluding tert-OH is 1. The molecule has 0 aliphatic carbocycles. The predicted molar refractivity (Wildman–Crippen MR) is 84.5 cm³/mol. The van der Waals surface area contributed by atoms with E-state index in [0.717, 1.165) is 10.9 Å². The molecule has 0 spiro atoms. The number of fused-ring (bicyclic) bond motifs is 1. The van der Waals surface area contributed by atoms with Gasteiger partial charge in [0.05, 0.1) is 18.8 Å². The Labute approximate surface area is 129 Å². The summed E-state index contributed by atoms with van der Waals surface area (Å²) >= 11 is 0. The molecule has 2 rings (SSSR count). The van der Waals surface area contributed by atoms with E-state index in [4.69, 9.17) is 13.9 Å². The monoisotopic (exact) mass is 306 g/mol. The molecule has 120 valence electrons. The molecule has 1 aromatic heterocycles. The fourth-order valence-corrected chi connectivity index (χ4v) is 2.42. The minimum atomic E-state index is -0.686. The molecule has 0 amide bonds. The molecule has 22 heavy (non-hydrogen) atoms. The molecular weight excluding hydrogens is 284 g/mol. The summed E-state index contributed by atoms with van der Waals surface area (Å²) in [5, 5.41) is 11.2. The first-order valence-electron chi connectivity index (χ1n) is 7.30. The molecule has 1 heterocycles. The Kier molecular flexibility index (Phi) is 4.88. The Morgan fingerprint density at radius 2 is 2.05 bits per heavy atom. The first-order chi connectivity index (χ1) is 10.4. The fourth-order valence-electron chi connectivity index (χ4n) is 2.42. The third-order valence-corrected chi connectivity index (χ3v) is 3.75. The second-order valence-electron chi connectivity index (χ2n) is 5.71. The van der Waals surface area contributed by atoms with Crippen molar-refractivity contribution in [2.24, 2.45) is 0 Å². The normalized spacial score (nSPS) is 13.3. The zero-order valence-corrected chi connectivity index (χ0v) is 13.4. The SMILES string of the molecule is CCOC(C)(C)C(O)Cc1cc2ccc(=O)oc2cc1OC. The second-order valence-corrected chi connectivity index (χ2v) is 5.71. The number of benzene rings is 1. The lowest BCUT2D eigenvalue weighted by molar-refractivity contribution is -0.0956. The van der Waals surface area contributed by atoms with Crippen LogP contribution in [-0.2, 0) is 11.2 Å². The van der Waals surface area contributed by atoms with Crippen molar-refractivity contribution >= 4 is 11.0 Å². The summed E-state index contributed by atoms with van der Waals surface area (Å²) in [4.78, 5) is 11.3. The average molecular weight is 306 g/mol. The molecule has 0 radical (unpaired) electrons. The van der Waals surface area contributed by atoms with Crippen LogP contribution in [0.4, 0.5) is 0 Å². The quantitative estimate of drug-likeness (QED) is 0.831. The highest BCUT2D eigenvalue weighted by Gasteiger charge is 2.29. The van der Waals surface area contributed by atoms with Gasteiger partial charge in [-0.05, 0) is 38.5 Å². The minimum absolute atomic E-state index is 0.380.